The maximum atomic E-state index is 14.1. The fraction of sp³-hybridized carbons (Fsp3) is 0.583. The Kier molecular flexibility index (Phi) is 7.41. The third kappa shape index (κ3) is 5.29. The van der Waals surface area contributed by atoms with Crippen LogP contribution in [0.1, 0.15) is 63.9 Å². The smallest absolute Gasteiger partial charge is 0.145 e. The second-order valence-corrected chi connectivity index (χ2v) is 8.62. The molecule has 28 heavy (non-hydrogen) atoms. The van der Waals surface area contributed by atoms with Gasteiger partial charge in [0.1, 0.15) is 17.4 Å². The Morgan fingerprint density at radius 3 is 2.07 bits per heavy atom. The van der Waals surface area contributed by atoms with E-state index in [4.69, 9.17) is 16.3 Å². The molecule has 2 aliphatic carbocycles. The van der Waals surface area contributed by atoms with E-state index in [0.717, 1.165) is 55.4 Å². The first-order valence-electron chi connectivity index (χ1n) is 10.5. The van der Waals surface area contributed by atoms with E-state index in [1.54, 1.807) is 6.92 Å². The van der Waals surface area contributed by atoms with Gasteiger partial charge in [-0.25, -0.2) is 8.78 Å². The number of ether oxygens (including phenoxy) is 1. The van der Waals surface area contributed by atoms with Crippen LogP contribution in [0, 0.1) is 47.1 Å². The maximum absolute atomic E-state index is 14.1. The fourth-order valence-corrected chi connectivity index (χ4v) is 4.95. The van der Waals surface area contributed by atoms with Gasteiger partial charge in [0.05, 0.1) is 12.2 Å². The van der Waals surface area contributed by atoms with Crippen molar-refractivity contribution in [3.63, 3.8) is 0 Å². The van der Waals surface area contributed by atoms with Crippen LogP contribution in [-0.2, 0) is 0 Å². The molecule has 0 amide bonds. The molecule has 2 aliphatic rings. The topological polar surface area (TPSA) is 9.23 Å². The van der Waals surface area contributed by atoms with E-state index in [2.05, 4.69) is 18.4 Å². The molecule has 3 rings (SSSR count). The maximum Gasteiger partial charge on any atom is 0.145 e. The van der Waals surface area contributed by atoms with Gasteiger partial charge in [-0.1, -0.05) is 30.0 Å². The van der Waals surface area contributed by atoms with Crippen LogP contribution in [0.3, 0.4) is 0 Å². The van der Waals surface area contributed by atoms with E-state index in [9.17, 15) is 8.78 Å². The summed E-state index contributed by atoms with van der Waals surface area (Å²) in [4.78, 5) is 0. The summed E-state index contributed by atoms with van der Waals surface area (Å²) in [6.45, 7) is 6.04. The van der Waals surface area contributed by atoms with Crippen LogP contribution in [-0.4, -0.2) is 6.61 Å². The predicted molar refractivity (Wildman–Crippen MR) is 110 cm³/mol. The highest BCUT2D eigenvalue weighted by atomic mass is 35.5. The number of allylic oxidation sites excluding steroid dienone is 1. The zero-order valence-electron chi connectivity index (χ0n) is 16.6. The first-order chi connectivity index (χ1) is 13.5. The minimum atomic E-state index is -0.651. The molecular weight excluding hydrogens is 378 g/mol. The summed E-state index contributed by atoms with van der Waals surface area (Å²) in [6.07, 6.45) is 9.13. The van der Waals surface area contributed by atoms with Crippen molar-refractivity contribution >= 4 is 11.6 Å². The summed E-state index contributed by atoms with van der Waals surface area (Å²) >= 11 is 6.07. The van der Waals surface area contributed by atoms with Crippen molar-refractivity contribution in [2.45, 2.75) is 58.3 Å². The molecular formula is C24H29ClF2O. The SMILES string of the molecule is C=C(Cl)[C@H]1CC[C@H]([C@H]2CC[C@H](C#Cc3c(F)cc(OCC)cc3F)CC2)CC1. The molecule has 0 aliphatic heterocycles. The molecule has 0 saturated heterocycles. The van der Waals surface area contributed by atoms with E-state index in [1.165, 1.54) is 25.0 Å². The van der Waals surface area contributed by atoms with Gasteiger partial charge < -0.3 is 4.74 Å². The third-order valence-electron chi connectivity index (χ3n) is 6.38. The van der Waals surface area contributed by atoms with E-state index >= 15 is 0 Å². The quantitative estimate of drug-likeness (QED) is 0.485. The minimum Gasteiger partial charge on any atom is -0.494 e. The van der Waals surface area contributed by atoms with Gasteiger partial charge in [-0.15, -0.1) is 0 Å². The predicted octanol–water partition coefficient (Wildman–Crippen LogP) is 7.08. The zero-order valence-corrected chi connectivity index (χ0v) is 17.3. The first-order valence-corrected chi connectivity index (χ1v) is 10.8. The first kappa shape index (κ1) is 21.2. The zero-order chi connectivity index (χ0) is 20.1. The summed E-state index contributed by atoms with van der Waals surface area (Å²) in [6, 6.07) is 2.42. The van der Waals surface area contributed by atoms with Gasteiger partial charge in [-0.3, -0.25) is 0 Å². The van der Waals surface area contributed by atoms with Gasteiger partial charge in [0.2, 0.25) is 0 Å². The van der Waals surface area contributed by atoms with Crippen LogP contribution < -0.4 is 4.74 Å². The van der Waals surface area contributed by atoms with Crippen molar-refractivity contribution in [2.24, 2.45) is 23.7 Å². The second-order valence-electron chi connectivity index (χ2n) is 8.13. The summed E-state index contributed by atoms with van der Waals surface area (Å²) in [5, 5.41) is 0.811. The molecule has 0 atom stereocenters. The van der Waals surface area contributed by atoms with Crippen LogP contribution in [0.5, 0.6) is 5.75 Å². The number of rotatable bonds is 4. The van der Waals surface area contributed by atoms with Crippen molar-refractivity contribution in [1.29, 1.82) is 0 Å². The lowest BCUT2D eigenvalue weighted by atomic mass is 9.69. The van der Waals surface area contributed by atoms with Gasteiger partial charge >= 0.3 is 0 Å². The Bertz CT molecular complexity index is 725. The van der Waals surface area contributed by atoms with Crippen molar-refractivity contribution in [3.05, 3.63) is 40.9 Å². The van der Waals surface area contributed by atoms with E-state index < -0.39 is 11.6 Å². The van der Waals surface area contributed by atoms with Crippen molar-refractivity contribution in [2.75, 3.05) is 6.61 Å². The molecule has 2 saturated carbocycles. The molecule has 1 aromatic carbocycles. The van der Waals surface area contributed by atoms with E-state index in [-0.39, 0.29) is 17.2 Å². The molecule has 152 valence electrons. The highest BCUT2D eigenvalue weighted by Gasteiger charge is 2.31. The van der Waals surface area contributed by atoms with Gasteiger partial charge in [-0.05, 0) is 76.0 Å². The van der Waals surface area contributed by atoms with Gasteiger partial charge in [0, 0.05) is 23.1 Å². The van der Waals surface area contributed by atoms with Gasteiger partial charge in [0.25, 0.3) is 0 Å². The molecule has 4 heteroatoms. The molecule has 2 fully saturated rings. The Morgan fingerprint density at radius 1 is 1.04 bits per heavy atom. The van der Waals surface area contributed by atoms with Crippen LogP contribution in [0.2, 0.25) is 0 Å². The lowest BCUT2D eigenvalue weighted by Crippen LogP contribution is -2.25. The van der Waals surface area contributed by atoms with Crippen LogP contribution in [0.15, 0.2) is 23.7 Å². The molecule has 0 radical (unpaired) electrons. The fourth-order valence-electron chi connectivity index (χ4n) is 4.73. The van der Waals surface area contributed by atoms with Crippen LogP contribution in [0.4, 0.5) is 8.78 Å². The summed E-state index contributed by atoms with van der Waals surface area (Å²) in [5.74, 6) is 7.01. The largest absolute Gasteiger partial charge is 0.494 e. The third-order valence-corrected chi connectivity index (χ3v) is 6.69. The highest BCUT2D eigenvalue weighted by Crippen LogP contribution is 2.43. The van der Waals surface area contributed by atoms with E-state index in [1.807, 2.05) is 0 Å². The Morgan fingerprint density at radius 2 is 1.57 bits per heavy atom. The summed E-state index contributed by atoms with van der Waals surface area (Å²) < 4.78 is 33.5. The van der Waals surface area contributed by atoms with Gasteiger partial charge in [-0.2, -0.15) is 0 Å². The lowest BCUT2D eigenvalue weighted by Gasteiger charge is -2.36. The molecule has 0 heterocycles. The van der Waals surface area contributed by atoms with E-state index in [0.29, 0.717) is 12.5 Å². The molecule has 0 spiro atoms. The molecule has 0 aromatic heterocycles. The molecule has 0 unspecified atom stereocenters. The summed E-state index contributed by atoms with van der Waals surface area (Å²) in [5.41, 5.74) is -0.148. The molecule has 0 N–H and O–H groups in total. The lowest BCUT2D eigenvalue weighted by molar-refractivity contribution is 0.167. The number of benzene rings is 1. The monoisotopic (exact) mass is 406 g/mol. The Labute approximate surface area is 172 Å². The van der Waals surface area contributed by atoms with Crippen LogP contribution >= 0.6 is 11.6 Å². The normalized spacial score (nSPS) is 27.6. The molecule has 0 bridgehead atoms. The van der Waals surface area contributed by atoms with Crippen LogP contribution in [0.25, 0.3) is 0 Å². The van der Waals surface area contributed by atoms with Crippen molar-refractivity contribution in [3.8, 4) is 17.6 Å². The average Bonchev–Trinajstić information content (AvgIpc) is 2.68. The minimum absolute atomic E-state index is 0.148. The average molecular weight is 407 g/mol. The van der Waals surface area contributed by atoms with Gasteiger partial charge in [0.15, 0.2) is 0 Å². The Balaban J connectivity index is 1.54. The second kappa shape index (κ2) is 9.79. The Hall–Kier alpha value is -1.53. The van der Waals surface area contributed by atoms with Crippen molar-refractivity contribution in [1.82, 2.24) is 0 Å². The summed E-state index contributed by atoms with van der Waals surface area (Å²) in [7, 11) is 0. The van der Waals surface area contributed by atoms with Crippen molar-refractivity contribution < 1.29 is 13.5 Å². The number of hydrogen-bond acceptors (Lipinski definition) is 1. The highest BCUT2D eigenvalue weighted by molar-refractivity contribution is 6.29. The number of halogens is 3. The standard InChI is InChI=1S/C24H29ClF2O/c1-3-28-21-14-23(26)22(24(27)15-21)13-6-17-4-7-19(8-5-17)20-11-9-18(10-12-20)16(2)25/h14-15,17-20H,2-5,7-12H2,1H3/t17-,18-,19-,20-. The molecule has 1 aromatic rings. The number of hydrogen-bond donors (Lipinski definition) is 0. The molecule has 1 nitrogen and oxygen atoms in total.